The summed E-state index contributed by atoms with van der Waals surface area (Å²) in [5, 5.41) is 10.7. The van der Waals surface area contributed by atoms with E-state index >= 15 is 0 Å². The Labute approximate surface area is 90.3 Å². The number of halogens is 2. The molecule has 80 valence electrons. The summed E-state index contributed by atoms with van der Waals surface area (Å²) in [5.41, 5.74) is -0.451. The molecule has 0 aliphatic carbocycles. The number of carbonyl (C=O) groups is 1. The third-order valence-electron chi connectivity index (χ3n) is 1.86. The van der Waals surface area contributed by atoms with Gasteiger partial charge in [-0.2, -0.15) is 0 Å². The standard InChI is InChI=1S/C8H16ClNO2.ClH/c1-3-5-6(4-2)7(9)10-8(11)12;/h6-7,10H,3-5H2,1-2H3,(H,11,12);1H. The van der Waals surface area contributed by atoms with Crippen LogP contribution >= 0.6 is 24.0 Å². The van der Waals surface area contributed by atoms with Gasteiger partial charge in [-0.25, -0.2) is 4.79 Å². The minimum atomic E-state index is -1.05. The monoisotopic (exact) mass is 229 g/mol. The molecule has 0 heterocycles. The highest BCUT2D eigenvalue weighted by atomic mass is 35.5. The maximum atomic E-state index is 10.2. The van der Waals surface area contributed by atoms with Crippen LogP contribution in [-0.4, -0.2) is 16.7 Å². The first-order valence-corrected chi connectivity index (χ1v) is 4.69. The lowest BCUT2D eigenvalue weighted by Crippen LogP contribution is -2.34. The molecule has 0 radical (unpaired) electrons. The molecule has 0 saturated heterocycles. The Morgan fingerprint density at radius 2 is 2.08 bits per heavy atom. The van der Waals surface area contributed by atoms with Crippen molar-refractivity contribution >= 4 is 30.1 Å². The lowest BCUT2D eigenvalue weighted by atomic mass is 10.0. The molecule has 0 aromatic rings. The van der Waals surface area contributed by atoms with Gasteiger partial charge in [-0.3, -0.25) is 0 Å². The van der Waals surface area contributed by atoms with Crippen molar-refractivity contribution in [2.24, 2.45) is 5.92 Å². The van der Waals surface area contributed by atoms with Gasteiger partial charge in [0.15, 0.2) is 0 Å². The number of hydrogen-bond acceptors (Lipinski definition) is 1. The summed E-state index contributed by atoms with van der Waals surface area (Å²) >= 11 is 5.83. The molecule has 0 spiro atoms. The minimum absolute atomic E-state index is 0. The normalized spacial score (nSPS) is 14.1. The van der Waals surface area contributed by atoms with Crippen LogP contribution < -0.4 is 5.32 Å². The summed E-state index contributed by atoms with van der Waals surface area (Å²) in [6.07, 6.45) is 1.85. The molecule has 0 aromatic carbocycles. The second-order valence-electron chi connectivity index (χ2n) is 2.81. The fraction of sp³-hybridized carbons (Fsp3) is 0.875. The van der Waals surface area contributed by atoms with E-state index < -0.39 is 11.6 Å². The first-order valence-electron chi connectivity index (χ1n) is 4.25. The first-order chi connectivity index (χ1) is 5.61. The van der Waals surface area contributed by atoms with E-state index in [1.807, 2.05) is 6.92 Å². The molecule has 0 aliphatic rings. The van der Waals surface area contributed by atoms with Crippen LogP contribution in [-0.2, 0) is 0 Å². The highest BCUT2D eigenvalue weighted by Gasteiger charge is 2.17. The van der Waals surface area contributed by atoms with Crippen LogP contribution in [0.5, 0.6) is 0 Å². The summed E-state index contributed by atoms with van der Waals surface area (Å²) < 4.78 is 0. The molecule has 2 N–H and O–H groups in total. The fourth-order valence-corrected chi connectivity index (χ4v) is 1.56. The molecule has 13 heavy (non-hydrogen) atoms. The van der Waals surface area contributed by atoms with Gasteiger partial charge < -0.3 is 10.4 Å². The highest BCUT2D eigenvalue weighted by Crippen LogP contribution is 2.18. The maximum Gasteiger partial charge on any atom is 0.405 e. The third-order valence-corrected chi connectivity index (χ3v) is 2.32. The second-order valence-corrected chi connectivity index (χ2v) is 3.28. The molecule has 1 amide bonds. The van der Waals surface area contributed by atoms with Crippen molar-refractivity contribution in [2.45, 2.75) is 38.6 Å². The average Bonchev–Trinajstić information content (AvgIpc) is 1.98. The maximum absolute atomic E-state index is 10.2. The van der Waals surface area contributed by atoms with Gasteiger partial charge in [0, 0.05) is 0 Å². The molecule has 0 aromatic heterocycles. The van der Waals surface area contributed by atoms with E-state index in [0.717, 1.165) is 19.3 Å². The molecular formula is C8H17Cl2NO2. The Bertz CT molecular complexity index is 144. The van der Waals surface area contributed by atoms with Gasteiger partial charge in [-0.05, 0) is 12.3 Å². The molecular weight excluding hydrogens is 213 g/mol. The molecule has 0 aliphatic heterocycles. The summed E-state index contributed by atoms with van der Waals surface area (Å²) in [4.78, 5) is 10.2. The van der Waals surface area contributed by atoms with Crippen LogP contribution in [0.4, 0.5) is 4.79 Å². The van der Waals surface area contributed by atoms with E-state index in [9.17, 15) is 4.79 Å². The number of amides is 1. The van der Waals surface area contributed by atoms with Crippen molar-refractivity contribution in [1.82, 2.24) is 5.32 Å². The van der Waals surface area contributed by atoms with E-state index in [-0.39, 0.29) is 18.3 Å². The molecule has 2 atom stereocenters. The number of hydrogen-bond donors (Lipinski definition) is 2. The average molecular weight is 230 g/mol. The van der Waals surface area contributed by atoms with E-state index in [4.69, 9.17) is 16.7 Å². The highest BCUT2D eigenvalue weighted by molar-refractivity contribution is 6.21. The predicted octanol–water partition coefficient (Wildman–Crippen LogP) is 3.07. The Balaban J connectivity index is 0. The molecule has 2 unspecified atom stereocenters. The Morgan fingerprint density at radius 3 is 2.38 bits per heavy atom. The van der Waals surface area contributed by atoms with Gasteiger partial charge in [0.1, 0.15) is 5.50 Å². The van der Waals surface area contributed by atoms with Crippen molar-refractivity contribution in [3.63, 3.8) is 0 Å². The number of alkyl halides is 1. The SMILES string of the molecule is CCCC(CC)C(Cl)NC(=O)O.Cl. The van der Waals surface area contributed by atoms with E-state index in [1.165, 1.54) is 0 Å². The van der Waals surface area contributed by atoms with E-state index in [1.54, 1.807) is 0 Å². The van der Waals surface area contributed by atoms with Gasteiger partial charge in [-0.15, -0.1) is 12.4 Å². The van der Waals surface area contributed by atoms with E-state index in [0.29, 0.717) is 0 Å². The van der Waals surface area contributed by atoms with Crippen LogP contribution in [0, 0.1) is 5.92 Å². The van der Waals surface area contributed by atoms with Gasteiger partial charge in [0.25, 0.3) is 0 Å². The van der Waals surface area contributed by atoms with Crippen LogP contribution in [0.1, 0.15) is 33.1 Å². The second kappa shape index (κ2) is 8.45. The largest absolute Gasteiger partial charge is 0.465 e. The van der Waals surface area contributed by atoms with Crippen LogP contribution in [0.3, 0.4) is 0 Å². The zero-order valence-electron chi connectivity index (χ0n) is 7.92. The fourth-order valence-electron chi connectivity index (χ4n) is 1.16. The number of rotatable bonds is 5. The summed E-state index contributed by atoms with van der Waals surface area (Å²) in [6.45, 7) is 4.08. The molecule has 3 nitrogen and oxygen atoms in total. The zero-order chi connectivity index (χ0) is 9.56. The van der Waals surface area contributed by atoms with E-state index in [2.05, 4.69) is 12.2 Å². The predicted molar refractivity (Wildman–Crippen MR) is 56.7 cm³/mol. The molecule has 0 saturated carbocycles. The van der Waals surface area contributed by atoms with Crippen LogP contribution in [0.15, 0.2) is 0 Å². The first kappa shape index (κ1) is 15.3. The summed E-state index contributed by atoms with van der Waals surface area (Å²) in [6, 6.07) is 0. The minimum Gasteiger partial charge on any atom is -0.465 e. The van der Waals surface area contributed by atoms with Crippen molar-refractivity contribution in [2.75, 3.05) is 0 Å². The van der Waals surface area contributed by atoms with Gasteiger partial charge in [0.2, 0.25) is 0 Å². The summed E-state index contributed by atoms with van der Waals surface area (Å²) in [5.74, 6) is 0.243. The van der Waals surface area contributed by atoms with Crippen molar-refractivity contribution in [3.05, 3.63) is 0 Å². The smallest absolute Gasteiger partial charge is 0.405 e. The topological polar surface area (TPSA) is 49.3 Å². The Morgan fingerprint density at radius 1 is 1.54 bits per heavy atom. The Hall–Kier alpha value is -0.150. The summed E-state index contributed by atoms with van der Waals surface area (Å²) in [7, 11) is 0. The molecule has 0 fully saturated rings. The number of nitrogens with one attached hydrogen (secondary N) is 1. The van der Waals surface area contributed by atoms with Crippen molar-refractivity contribution in [1.29, 1.82) is 0 Å². The zero-order valence-corrected chi connectivity index (χ0v) is 9.49. The third kappa shape index (κ3) is 6.96. The van der Waals surface area contributed by atoms with Crippen LogP contribution in [0.2, 0.25) is 0 Å². The quantitative estimate of drug-likeness (QED) is 0.563. The lowest BCUT2D eigenvalue weighted by Gasteiger charge is -2.19. The van der Waals surface area contributed by atoms with Gasteiger partial charge >= 0.3 is 6.09 Å². The Kier molecular flexibility index (Phi) is 9.96. The molecule has 0 bridgehead atoms. The van der Waals surface area contributed by atoms with Crippen LogP contribution in [0.25, 0.3) is 0 Å². The molecule has 5 heteroatoms. The van der Waals surface area contributed by atoms with Crippen molar-refractivity contribution < 1.29 is 9.90 Å². The molecule has 0 rings (SSSR count). The lowest BCUT2D eigenvalue weighted by molar-refractivity contribution is 0.189. The van der Waals surface area contributed by atoms with Gasteiger partial charge in [-0.1, -0.05) is 38.3 Å². The van der Waals surface area contributed by atoms with Crippen molar-refractivity contribution in [3.8, 4) is 0 Å². The van der Waals surface area contributed by atoms with Gasteiger partial charge in [0.05, 0.1) is 0 Å². The number of carboxylic acid groups (broad SMARTS) is 1.